The minimum atomic E-state index is -0.0131. The maximum absolute atomic E-state index is 13.3. The summed E-state index contributed by atoms with van der Waals surface area (Å²) in [5, 5.41) is 0. The second-order valence-electron chi connectivity index (χ2n) is 7.45. The van der Waals surface area contributed by atoms with Gasteiger partial charge in [-0.3, -0.25) is 9.59 Å². The van der Waals surface area contributed by atoms with Crippen LogP contribution in [0.25, 0.3) is 11.1 Å². The number of aromatic nitrogens is 1. The lowest BCUT2D eigenvalue weighted by Gasteiger charge is -2.34. The van der Waals surface area contributed by atoms with Gasteiger partial charge in [-0.1, -0.05) is 24.3 Å². The first kappa shape index (κ1) is 18.3. The van der Waals surface area contributed by atoms with Gasteiger partial charge in [-0.15, -0.1) is 0 Å². The minimum absolute atomic E-state index is 0.0131. The third-order valence-electron chi connectivity index (χ3n) is 5.53. The first-order valence-electron chi connectivity index (χ1n) is 9.63. The van der Waals surface area contributed by atoms with Crippen LogP contribution in [0.3, 0.4) is 0 Å². The summed E-state index contributed by atoms with van der Waals surface area (Å²) in [6.07, 6.45) is 0. The summed E-state index contributed by atoms with van der Waals surface area (Å²) >= 11 is 0. The fraction of sp³-hybridized carbons (Fsp3) is 0.364. The van der Waals surface area contributed by atoms with Crippen molar-refractivity contribution in [2.75, 3.05) is 26.2 Å². The molecule has 6 heteroatoms. The van der Waals surface area contributed by atoms with Gasteiger partial charge >= 0.3 is 0 Å². The number of hydrogen-bond acceptors (Lipinski definition) is 3. The smallest absolute Gasteiger partial charge is 0.270 e. The molecule has 2 aromatic heterocycles. The SMILES string of the molecule is CC(=O)N1CCN(C(=O)c2cc3oc(C)cc3n2Cc2ccccc2C)CC1. The van der Waals surface area contributed by atoms with E-state index in [9.17, 15) is 9.59 Å². The molecule has 0 radical (unpaired) electrons. The molecule has 1 aromatic carbocycles. The number of hydrogen-bond donors (Lipinski definition) is 0. The van der Waals surface area contributed by atoms with Crippen molar-refractivity contribution in [3.05, 3.63) is 59.0 Å². The quantitative estimate of drug-likeness (QED) is 0.702. The Morgan fingerprint density at radius 2 is 1.68 bits per heavy atom. The summed E-state index contributed by atoms with van der Waals surface area (Å²) in [4.78, 5) is 28.5. The standard InChI is InChI=1S/C22H25N3O3/c1-15-6-4-5-7-18(15)14-25-19-12-16(2)28-21(19)13-20(25)22(27)24-10-8-23(9-11-24)17(3)26/h4-7,12-13H,8-11,14H2,1-3H3. The predicted octanol–water partition coefficient (Wildman–Crippen LogP) is 3.20. The average Bonchev–Trinajstić information content (AvgIpc) is 3.20. The van der Waals surface area contributed by atoms with E-state index >= 15 is 0 Å². The predicted molar refractivity (Wildman–Crippen MR) is 107 cm³/mol. The molecule has 3 heterocycles. The summed E-state index contributed by atoms with van der Waals surface area (Å²) in [6, 6.07) is 12.0. The van der Waals surface area contributed by atoms with Crippen LogP contribution < -0.4 is 0 Å². The van der Waals surface area contributed by atoms with Gasteiger partial charge in [0.15, 0.2) is 5.58 Å². The molecule has 0 aliphatic carbocycles. The number of amides is 2. The van der Waals surface area contributed by atoms with Crippen molar-refractivity contribution in [3.63, 3.8) is 0 Å². The molecular formula is C22H25N3O3. The largest absolute Gasteiger partial charge is 0.460 e. The van der Waals surface area contributed by atoms with E-state index in [1.807, 2.05) is 40.7 Å². The fourth-order valence-corrected chi connectivity index (χ4v) is 3.86. The van der Waals surface area contributed by atoms with Crippen molar-refractivity contribution in [1.82, 2.24) is 14.4 Å². The first-order chi connectivity index (χ1) is 13.4. The molecule has 0 bridgehead atoms. The highest BCUT2D eigenvalue weighted by Crippen LogP contribution is 2.26. The van der Waals surface area contributed by atoms with E-state index in [0.717, 1.165) is 16.9 Å². The summed E-state index contributed by atoms with van der Waals surface area (Å²) in [7, 11) is 0. The minimum Gasteiger partial charge on any atom is -0.460 e. The van der Waals surface area contributed by atoms with Gasteiger partial charge in [-0.25, -0.2) is 0 Å². The summed E-state index contributed by atoms with van der Waals surface area (Å²) in [6.45, 7) is 8.44. The molecule has 6 nitrogen and oxygen atoms in total. The lowest BCUT2D eigenvalue weighted by Crippen LogP contribution is -2.50. The topological polar surface area (TPSA) is 58.7 Å². The molecule has 4 rings (SSSR count). The molecule has 0 atom stereocenters. The monoisotopic (exact) mass is 379 g/mol. The van der Waals surface area contributed by atoms with Gasteiger partial charge in [0.05, 0.1) is 5.52 Å². The van der Waals surface area contributed by atoms with Gasteiger partial charge in [0, 0.05) is 51.8 Å². The van der Waals surface area contributed by atoms with Gasteiger partial charge in [0.2, 0.25) is 5.91 Å². The molecule has 1 aliphatic heterocycles. The highest BCUT2D eigenvalue weighted by atomic mass is 16.3. The van der Waals surface area contributed by atoms with Gasteiger partial charge in [0.25, 0.3) is 5.91 Å². The molecule has 0 spiro atoms. The van der Waals surface area contributed by atoms with Crippen LogP contribution in [0.4, 0.5) is 0 Å². The molecule has 1 aliphatic rings. The second kappa shape index (κ2) is 7.19. The first-order valence-corrected chi connectivity index (χ1v) is 9.63. The number of carbonyl (C=O) groups excluding carboxylic acids is 2. The number of nitrogens with zero attached hydrogens (tertiary/aromatic N) is 3. The highest BCUT2D eigenvalue weighted by molar-refractivity contribution is 5.98. The van der Waals surface area contributed by atoms with E-state index in [-0.39, 0.29) is 11.8 Å². The average molecular weight is 379 g/mol. The molecule has 2 amide bonds. The van der Waals surface area contributed by atoms with Crippen LogP contribution in [0.15, 0.2) is 40.8 Å². The van der Waals surface area contributed by atoms with Crippen LogP contribution in [0, 0.1) is 13.8 Å². The van der Waals surface area contributed by atoms with Gasteiger partial charge < -0.3 is 18.8 Å². The molecule has 1 saturated heterocycles. The Bertz CT molecular complexity index is 1040. The Balaban J connectivity index is 1.67. The van der Waals surface area contributed by atoms with Crippen molar-refractivity contribution >= 4 is 22.9 Å². The Hall–Kier alpha value is -3.02. The number of rotatable bonds is 3. The third kappa shape index (κ3) is 3.30. The summed E-state index contributed by atoms with van der Waals surface area (Å²) in [5.74, 6) is 0.876. The normalized spacial score (nSPS) is 14.7. The van der Waals surface area contributed by atoms with Crippen LogP contribution in [0.2, 0.25) is 0 Å². The maximum atomic E-state index is 13.3. The molecule has 0 unspecified atom stereocenters. The number of piperazine rings is 1. The lowest BCUT2D eigenvalue weighted by atomic mass is 10.1. The molecule has 146 valence electrons. The third-order valence-corrected chi connectivity index (χ3v) is 5.53. The zero-order valence-electron chi connectivity index (χ0n) is 16.6. The molecule has 0 saturated carbocycles. The number of aryl methyl sites for hydroxylation is 2. The van der Waals surface area contributed by atoms with E-state index in [1.165, 1.54) is 11.1 Å². The molecule has 0 N–H and O–H groups in total. The lowest BCUT2D eigenvalue weighted by molar-refractivity contribution is -0.130. The maximum Gasteiger partial charge on any atom is 0.270 e. The molecule has 28 heavy (non-hydrogen) atoms. The van der Waals surface area contributed by atoms with E-state index < -0.39 is 0 Å². The highest BCUT2D eigenvalue weighted by Gasteiger charge is 2.27. The van der Waals surface area contributed by atoms with Crippen molar-refractivity contribution in [2.45, 2.75) is 27.3 Å². The number of benzene rings is 1. The van der Waals surface area contributed by atoms with E-state index in [4.69, 9.17) is 4.42 Å². The Labute approximate surface area is 164 Å². The zero-order valence-corrected chi connectivity index (χ0v) is 16.6. The van der Waals surface area contributed by atoms with Crippen LogP contribution >= 0.6 is 0 Å². The number of fused-ring (bicyclic) bond motifs is 1. The fourth-order valence-electron chi connectivity index (χ4n) is 3.86. The molecular weight excluding hydrogens is 354 g/mol. The van der Waals surface area contributed by atoms with Gasteiger partial charge in [-0.2, -0.15) is 0 Å². The number of carbonyl (C=O) groups is 2. The van der Waals surface area contributed by atoms with Gasteiger partial charge in [0.1, 0.15) is 11.5 Å². The van der Waals surface area contributed by atoms with Crippen LogP contribution in [-0.2, 0) is 11.3 Å². The van der Waals surface area contributed by atoms with Crippen LogP contribution in [-0.4, -0.2) is 52.4 Å². The van der Waals surface area contributed by atoms with E-state index in [2.05, 4.69) is 19.1 Å². The van der Waals surface area contributed by atoms with E-state index in [0.29, 0.717) is 38.4 Å². The van der Waals surface area contributed by atoms with Crippen molar-refractivity contribution in [2.24, 2.45) is 0 Å². The van der Waals surface area contributed by atoms with Crippen molar-refractivity contribution < 1.29 is 14.0 Å². The van der Waals surface area contributed by atoms with Crippen molar-refractivity contribution in [3.8, 4) is 0 Å². The zero-order chi connectivity index (χ0) is 19.8. The van der Waals surface area contributed by atoms with Gasteiger partial charge in [-0.05, 0) is 25.0 Å². The summed E-state index contributed by atoms with van der Waals surface area (Å²) < 4.78 is 7.85. The molecule has 3 aromatic rings. The second-order valence-corrected chi connectivity index (χ2v) is 7.45. The van der Waals surface area contributed by atoms with Crippen LogP contribution in [0.1, 0.15) is 34.3 Å². The molecule has 1 fully saturated rings. The van der Waals surface area contributed by atoms with Crippen molar-refractivity contribution in [1.29, 1.82) is 0 Å². The summed E-state index contributed by atoms with van der Waals surface area (Å²) in [5.41, 5.74) is 4.67. The van der Waals surface area contributed by atoms with Crippen LogP contribution in [0.5, 0.6) is 0 Å². The Kier molecular flexibility index (Phi) is 4.71. The number of furan rings is 1. The Morgan fingerprint density at radius 3 is 2.36 bits per heavy atom. The van der Waals surface area contributed by atoms with E-state index in [1.54, 1.807) is 11.8 Å². The Morgan fingerprint density at radius 1 is 1.00 bits per heavy atom.